The number of nitrogens with one attached hydrogen (secondary N) is 1. The van der Waals surface area contributed by atoms with Gasteiger partial charge in [0.05, 0.1) is 17.2 Å². The van der Waals surface area contributed by atoms with Gasteiger partial charge in [0.2, 0.25) is 5.95 Å². The predicted molar refractivity (Wildman–Crippen MR) is 83.1 cm³/mol. The first-order valence-corrected chi connectivity index (χ1v) is 7.43. The largest absolute Gasteiger partial charge is 0.494 e. The highest BCUT2D eigenvalue weighted by molar-refractivity contribution is 6.37. The minimum absolute atomic E-state index is 0.479. The summed E-state index contributed by atoms with van der Waals surface area (Å²) in [5.74, 6) is 1.11. The van der Waals surface area contributed by atoms with Gasteiger partial charge >= 0.3 is 0 Å². The summed E-state index contributed by atoms with van der Waals surface area (Å²) in [4.78, 5) is 0. The molecule has 0 unspecified atom stereocenters. The number of nitrogens with zero attached hydrogens (tertiary/aromatic N) is 4. The molecule has 0 atom stereocenters. The van der Waals surface area contributed by atoms with E-state index in [9.17, 15) is 0 Å². The second kappa shape index (κ2) is 7.47. The average molecular weight is 330 g/mol. The van der Waals surface area contributed by atoms with E-state index in [4.69, 9.17) is 27.9 Å². The molecule has 0 aliphatic carbocycles. The number of anilines is 1. The van der Waals surface area contributed by atoms with E-state index in [2.05, 4.69) is 27.8 Å². The van der Waals surface area contributed by atoms with Crippen LogP contribution in [0.15, 0.2) is 12.1 Å². The van der Waals surface area contributed by atoms with Crippen molar-refractivity contribution in [3.63, 3.8) is 0 Å². The SMILES string of the molecule is CCCCn1nnnc1NCc1cc(Cl)c(OC)c(Cl)c1. The van der Waals surface area contributed by atoms with Crippen LogP contribution in [-0.4, -0.2) is 27.3 Å². The van der Waals surface area contributed by atoms with Crippen molar-refractivity contribution in [3.8, 4) is 5.75 Å². The first-order valence-electron chi connectivity index (χ1n) is 6.67. The number of tetrazole rings is 1. The van der Waals surface area contributed by atoms with Crippen molar-refractivity contribution in [2.24, 2.45) is 0 Å². The van der Waals surface area contributed by atoms with E-state index in [-0.39, 0.29) is 0 Å². The topological polar surface area (TPSA) is 64.9 Å². The minimum Gasteiger partial charge on any atom is -0.494 e. The molecular formula is C13H17Cl2N5O. The third kappa shape index (κ3) is 3.98. The number of rotatable bonds is 7. The molecule has 1 aromatic heterocycles. The van der Waals surface area contributed by atoms with Crippen molar-refractivity contribution >= 4 is 29.2 Å². The summed E-state index contributed by atoms with van der Waals surface area (Å²) in [6.45, 7) is 3.44. The zero-order chi connectivity index (χ0) is 15.2. The van der Waals surface area contributed by atoms with Crippen LogP contribution in [0.2, 0.25) is 10.0 Å². The molecule has 0 fully saturated rings. The highest BCUT2D eigenvalue weighted by Gasteiger charge is 2.10. The van der Waals surface area contributed by atoms with Gasteiger partial charge in [0.25, 0.3) is 0 Å². The molecule has 0 amide bonds. The lowest BCUT2D eigenvalue weighted by atomic mass is 10.2. The molecule has 6 nitrogen and oxygen atoms in total. The molecule has 2 rings (SSSR count). The van der Waals surface area contributed by atoms with Crippen LogP contribution in [0, 0.1) is 0 Å². The molecular weight excluding hydrogens is 313 g/mol. The maximum atomic E-state index is 6.11. The second-order valence-electron chi connectivity index (χ2n) is 4.53. The number of halogens is 2. The van der Waals surface area contributed by atoms with Crippen LogP contribution in [0.4, 0.5) is 5.95 Å². The third-order valence-electron chi connectivity index (χ3n) is 2.97. The summed E-state index contributed by atoms with van der Waals surface area (Å²) in [6, 6.07) is 3.61. The Morgan fingerprint density at radius 3 is 2.62 bits per heavy atom. The summed E-state index contributed by atoms with van der Waals surface area (Å²) in [6.07, 6.45) is 2.11. The summed E-state index contributed by atoms with van der Waals surface area (Å²) >= 11 is 12.2. The maximum absolute atomic E-state index is 6.11. The molecule has 114 valence electrons. The van der Waals surface area contributed by atoms with Gasteiger partial charge in [-0.05, 0) is 34.5 Å². The van der Waals surface area contributed by atoms with Crippen LogP contribution < -0.4 is 10.1 Å². The molecule has 0 saturated carbocycles. The van der Waals surface area contributed by atoms with Crippen LogP contribution in [-0.2, 0) is 13.1 Å². The standard InChI is InChI=1S/C13H17Cl2N5O/c1-3-4-5-20-13(17-18-19-20)16-8-9-6-10(14)12(21-2)11(15)7-9/h6-7H,3-5,8H2,1-2H3,(H,16,17,19). The normalized spacial score (nSPS) is 10.7. The number of unbranched alkanes of at least 4 members (excludes halogenated alkanes) is 1. The van der Waals surface area contributed by atoms with Crippen molar-refractivity contribution in [3.05, 3.63) is 27.7 Å². The quantitative estimate of drug-likeness (QED) is 0.843. The van der Waals surface area contributed by atoms with Crippen LogP contribution >= 0.6 is 23.2 Å². The summed E-state index contributed by atoms with van der Waals surface area (Å²) in [5, 5.41) is 15.7. The first kappa shape index (κ1) is 15.9. The Morgan fingerprint density at radius 2 is 2.00 bits per heavy atom. The summed E-state index contributed by atoms with van der Waals surface area (Å²) in [7, 11) is 1.53. The van der Waals surface area contributed by atoms with E-state index < -0.39 is 0 Å². The zero-order valence-electron chi connectivity index (χ0n) is 11.9. The first-order chi connectivity index (χ1) is 10.2. The molecule has 0 bridgehead atoms. The molecule has 1 N–H and O–H groups in total. The fourth-order valence-corrected chi connectivity index (χ4v) is 2.57. The monoisotopic (exact) mass is 329 g/mol. The lowest BCUT2D eigenvalue weighted by Crippen LogP contribution is -2.09. The van der Waals surface area contributed by atoms with Gasteiger partial charge in [0.1, 0.15) is 0 Å². The number of aromatic nitrogens is 4. The van der Waals surface area contributed by atoms with Gasteiger partial charge in [-0.3, -0.25) is 0 Å². The number of hydrogen-bond acceptors (Lipinski definition) is 5. The van der Waals surface area contributed by atoms with Gasteiger partial charge in [-0.15, -0.1) is 0 Å². The minimum atomic E-state index is 0.479. The van der Waals surface area contributed by atoms with Gasteiger partial charge < -0.3 is 10.1 Å². The van der Waals surface area contributed by atoms with Crippen LogP contribution in [0.5, 0.6) is 5.75 Å². The summed E-state index contributed by atoms with van der Waals surface area (Å²) in [5.41, 5.74) is 0.927. The Balaban J connectivity index is 2.05. The van der Waals surface area contributed by atoms with Crippen LogP contribution in [0.3, 0.4) is 0 Å². The van der Waals surface area contributed by atoms with Crippen molar-refractivity contribution < 1.29 is 4.74 Å². The predicted octanol–water partition coefficient (Wildman–Crippen LogP) is 3.40. The van der Waals surface area contributed by atoms with E-state index in [1.807, 2.05) is 0 Å². The molecule has 0 spiro atoms. The van der Waals surface area contributed by atoms with Crippen molar-refractivity contribution in [1.29, 1.82) is 0 Å². The van der Waals surface area contributed by atoms with Gasteiger partial charge in [0.15, 0.2) is 5.75 Å². The lowest BCUT2D eigenvalue weighted by molar-refractivity contribution is 0.415. The van der Waals surface area contributed by atoms with E-state index in [1.54, 1.807) is 16.8 Å². The van der Waals surface area contributed by atoms with Crippen LogP contribution in [0.1, 0.15) is 25.3 Å². The van der Waals surface area contributed by atoms with E-state index in [0.717, 1.165) is 24.9 Å². The van der Waals surface area contributed by atoms with Crippen molar-refractivity contribution in [2.75, 3.05) is 12.4 Å². The van der Waals surface area contributed by atoms with E-state index >= 15 is 0 Å². The Bertz CT molecular complexity index is 579. The number of methoxy groups -OCH3 is 1. The van der Waals surface area contributed by atoms with Gasteiger partial charge in [-0.2, -0.15) is 0 Å². The van der Waals surface area contributed by atoms with Crippen molar-refractivity contribution in [2.45, 2.75) is 32.9 Å². The molecule has 0 radical (unpaired) electrons. The van der Waals surface area contributed by atoms with E-state index in [1.165, 1.54) is 7.11 Å². The number of benzene rings is 1. The van der Waals surface area contributed by atoms with E-state index in [0.29, 0.717) is 28.3 Å². The fraction of sp³-hybridized carbons (Fsp3) is 0.462. The number of hydrogen-bond donors (Lipinski definition) is 1. The smallest absolute Gasteiger partial charge is 0.243 e. The van der Waals surface area contributed by atoms with Gasteiger partial charge in [0, 0.05) is 13.1 Å². The molecule has 0 aliphatic heterocycles. The molecule has 0 aliphatic rings. The average Bonchev–Trinajstić information content (AvgIpc) is 2.90. The molecule has 0 saturated heterocycles. The van der Waals surface area contributed by atoms with Crippen molar-refractivity contribution in [1.82, 2.24) is 20.2 Å². The third-order valence-corrected chi connectivity index (χ3v) is 3.53. The Kier molecular flexibility index (Phi) is 5.64. The molecule has 8 heteroatoms. The lowest BCUT2D eigenvalue weighted by Gasteiger charge is -2.10. The summed E-state index contributed by atoms with van der Waals surface area (Å²) < 4.78 is 6.87. The number of ether oxygens (including phenoxy) is 1. The zero-order valence-corrected chi connectivity index (χ0v) is 13.4. The highest BCUT2D eigenvalue weighted by atomic mass is 35.5. The van der Waals surface area contributed by atoms with Crippen LogP contribution in [0.25, 0.3) is 0 Å². The Hall–Kier alpha value is -1.53. The Labute approximate surface area is 133 Å². The van der Waals surface area contributed by atoms with Gasteiger partial charge in [-0.25, -0.2) is 4.68 Å². The number of aryl methyl sites for hydroxylation is 1. The molecule has 1 aromatic carbocycles. The molecule has 2 aromatic rings. The fourth-order valence-electron chi connectivity index (χ4n) is 1.88. The Morgan fingerprint density at radius 1 is 1.29 bits per heavy atom. The second-order valence-corrected chi connectivity index (χ2v) is 5.34. The maximum Gasteiger partial charge on any atom is 0.243 e. The van der Waals surface area contributed by atoms with Gasteiger partial charge in [-0.1, -0.05) is 41.6 Å². The molecule has 21 heavy (non-hydrogen) atoms. The highest BCUT2D eigenvalue weighted by Crippen LogP contribution is 2.33. The molecule has 1 heterocycles.